The first-order valence-corrected chi connectivity index (χ1v) is 7.63. The molecule has 1 saturated heterocycles. The minimum Gasteiger partial charge on any atom is -0.491 e. The molecule has 0 amide bonds. The number of carbonyl (C=O) groups is 1. The van der Waals surface area contributed by atoms with E-state index in [2.05, 4.69) is 10.1 Å². The molecule has 0 aliphatic carbocycles. The number of benzene rings is 1. The fraction of sp³-hybridized carbons (Fsp3) is 0.588. The van der Waals surface area contributed by atoms with Crippen LogP contribution in [0.1, 0.15) is 33.6 Å². The summed E-state index contributed by atoms with van der Waals surface area (Å²) >= 11 is 0. The molecule has 2 N–H and O–H groups in total. The van der Waals surface area contributed by atoms with Crippen molar-refractivity contribution in [2.24, 2.45) is 0 Å². The Kier molecular flexibility index (Phi) is 7.91. The van der Waals surface area contributed by atoms with Gasteiger partial charge in [-0.3, -0.25) is 4.79 Å². The number of rotatable bonds is 5. The molecule has 1 aromatic rings. The van der Waals surface area contributed by atoms with Crippen molar-refractivity contribution in [2.75, 3.05) is 13.2 Å². The topological polar surface area (TPSA) is 67.8 Å². The van der Waals surface area contributed by atoms with Gasteiger partial charge in [0.15, 0.2) is 0 Å². The third-order valence-electron chi connectivity index (χ3n) is 3.13. The molecule has 0 bridgehead atoms. The molecule has 1 heterocycles. The monoisotopic (exact) mass is 309 g/mol. The Morgan fingerprint density at radius 1 is 1.36 bits per heavy atom. The van der Waals surface area contributed by atoms with Crippen LogP contribution in [0.4, 0.5) is 0 Å². The first-order chi connectivity index (χ1) is 10.4. The molecule has 2 rings (SSSR count). The van der Waals surface area contributed by atoms with Crippen molar-refractivity contribution in [3.8, 4) is 5.75 Å². The molecule has 1 unspecified atom stereocenters. The molecule has 1 fully saturated rings. The number of hydrogen-bond acceptors (Lipinski definition) is 5. The highest BCUT2D eigenvalue weighted by Crippen LogP contribution is 2.12. The molecule has 1 aliphatic heterocycles. The zero-order valence-electron chi connectivity index (χ0n) is 13.6. The molecule has 5 nitrogen and oxygen atoms in total. The summed E-state index contributed by atoms with van der Waals surface area (Å²) in [6.07, 6.45) is 1.78. The summed E-state index contributed by atoms with van der Waals surface area (Å²) in [6, 6.07) is 9.80. The van der Waals surface area contributed by atoms with Gasteiger partial charge in [0.05, 0.1) is 0 Å². The van der Waals surface area contributed by atoms with Gasteiger partial charge < -0.3 is 19.9 Å². The van der Waals surface area contributed by atoms with Gasteiger partial charge in [-0.25, -0.2) is 0 Å². The zero-order valence-corrected chi connectivity index (χ0v) is 13.6. The average Bonchev–Trinajstić information content (AvgIpc) is 2.99. The van der Waals surface area contributed by atoms with E-state index < -0.39 is 6.10 Å². The Labute approximate surface area is 132 Å². The second-order valence-corrected chi connectivity index (χ2v) is 6.22. The lowest BCUT2D eigenvalue weighted by atomic mass is 10.1. The number of carbonyl (C=O) groups excluding carboxylic acids is 1. The van der Waals surface area contributed by atoms with Crippen LogP contribution < -0.4 is 10.1 Å². The van der Waals surface area contributed by atoms with Crippen molar-refractivity contribution < 1.29 is 19.4 Å². The smallest absolute Gasteiger partial charge is 0.293 e. The normalized spacial score (nSPS) is 18.8. The first-order valence-electron chi connectivity index (χ1n) is 7.63. The Bertz CT molecular complexity index is 410. The van der Waals surface area contributed by atoms with E-state index in [0.717, 1.165) is 25.1 Å². The Balaban J connectivity index is 0.000000295. The average molecular weight is 309 g/mol. The maximum Gasteiger partial charge on any atom is 0.293 e. The Morgan fingerprint density at radius 3 is 2.50 bits per heavy atom. The summed E-state index contributed by atoms with van der Waals surface area (Å²) in [5, 5.41) is 13.1. The standard InChI is InChI=1S/C12H17NO2.C5H10O2/c14-12(11-7-4-8-13-11)9-15-10-5-2-1-3-6-10;1-5(2,3)7-4-6/h1-3,5-6,11-14H,4,7-9H2;4H,1-3H3/t11-,12?;/m1./s1. The molecule has 22 heavy (non-hydrogen) atoms. The van der Waals surface area contributed by atoms with Gasteiger partial charge in [-0.05, 0) is 52.3 Å². The van der Waals surface area contributed by atoms with Gasteiger partial charge in [-0.15, -0.1) is 0 Å². The molecule has 0 saturated carbocycles. The summed E-state index contributed by atoms with van der Waals surface area (Å²) in [5.41, 5.74) is -0.318. The largest absolute Gasteiger partial charge is 0.491 e. The number of ether oxygens (including phenoxy) is 2. The molecule has 2 atom stereocenters. The maximum atomic E-state index is 9.82. The summed E-state index contributed by atoms with van der Waals surface area (Å²) in [5.74, 6) is 0.814. The van der Waals surface area contributed by atoms with Crippen LogP contribution in [0, 0.1) is 0 Å². The second-order valence-electron chi connectivity index (χ2n) is 6.22. The third kappa shape index (κ3) is 8.00. The quantitative estimate of drug-likeness (QED) is 0.816. The van der Waals surface area contributed by atoms with Crippen molar-refractivity contribution in [1.82, 2.24) is 5.32 Å². The van der Waals surface area contributed by atoms with Gasteiger partial charge in [0.1, 0.15) is 24.1 Å². The lowest BCUT2D eigenvalue weighted by Gasteiger charge is -2.18. The minimum absolute atomic E-state index is 0.203. The van der Waals surface area contributed by atoms with E-state index in [0.29, 0.717) is 13.1 Å². The summed E-state index contributed by atoms with van der Waals surface area (Å²) in [4.78, 5) is 9.60. The minimum atomic E-state index is -0.410. The second kappa shape index (κ2) is 9.43. The molecule has 1 aliphatic rings. The molecular formula is C17H27NO4. The fourth-order valence-electron chi connectivity index (χ4n) is 2.00. The van der Waals surface area contributed by atoms with E-state index in [1.807, 2.05) is 51.1 Å². The van der Waals surface area contributed by atoms with E-state index in [4.69, 9.17) is 4.74 Å². The van der Waals surface area contributed by atoms with E-state index in [-0.39, 0.29) is 11.6 Å². The molecule has 124 valence electrons. The number of aliphatic hydroxyl groups excluding tert-OH is 1. The van der Waals surface area contributed by atoms with Crippen LogP contribution in [-0.4, -0.2) is 42.5 Å². The molecule has 0 aromatic heterocycles. The van der Waals surface area contributed by atoms with Gasteiger partial charge >= 0.3 is 0 Å². The molecule has 1 aromatic carbocycles. The van der Waals surface area contributed by atoms with Crippen molar-refractivity contribution in [3.05, 3.63) is 30.3 Å². The zero-order chi connectivity index (χ0) is 16.4. The van der Waals surface area contributed by atoms with Gasteiger partial charge in [-0.1, -0.05) is 18.2 Å². The SMILES string of the molecule is CC(C)(C)OC=O.OC(COc1ccccc1)[C@H]1CCCN1. The molecule has 0 spiro atoms. The fourth-order valence-corrected chi connectivity index (χ4v) is 2.00. The third-order valence-corrected chi connectivity index (χ3v) is 3.13. The van der Waals surface area contributed by atoms with Crippen molar-refractivity contribution in [3.63, 3.8) is 0 Å². The van der Waals surface area contributed by atoms with Crippen LogP contribution >= 0.6 is 0 Å². The van der Waals surface area contributed by atoms with Crippen LogP contribution in [0.2, 0.25) is 0 Å². The van der Waals surface area contributed by atoms with Crippen LogP contribution in [0.5, 0.6) is 5.75 Å². The van der Waals surface area contributed by atoms with Crippen molar-refractivity contribution in [1.29, 1.82) is 0 Å². The highest BCUT2D eigenvalue weighted by molar-refractivity contribution is 5.37. The Morgan fingerprint density at radius 2 is 2.05 bits per heavy atom. The summed E-state index contributed by atoms with van der Waals surface area (Å²) in [7, 11) is 0. The highest BCUT2D eigenvalue weighted by atomic mass is 16.5. The van der Waals surface area contributed by atoms with Gasteiger partial charge in [-0.2, -0.15) is 0 Å². The predicted octanol–water partition coefficient (Wildman–Crippen LogP) is 2.14. The van der Waals surface area contributed by atoms with Crippen molar-refractivity contribution >= 4 is 6.47 Å². The first kappa shape index (κ1) is 18.5. The lowest BCUT2D eigenvalue weighted by molar-refractivity contribution is -0.138. The van der Waals surface area contributed by atoms with E-state index >= 15 is 0 Å². The van der Waals surface area contributed by atoms with E-state index in [1.54, 1.807) is 0 Å². The number of para-hydroxylation sites is 1. The van der Waals surface area contributed by atoms with E-state index in [1.165, 1.54) is 0 Å². The molecule has 0 radical (unpaired) electrons. The van der Waals surface area contributed by atoms with Gasteiger partial charge in [0.2, 0.25) is 0 Å². The van der Waals surface area contributed by atoms with Crippen LogP contribution in [0.15, 0.2) is 30.3 Å². The Hall–Kier alpha value is -1.59. The number of aliphatic hydroxyl groups is 1. The van der Waals surface area contributed by atoms with Crippen LogP contribution in [0.3, 0.4) is 0 Å². The van der Waals surface area contributed by atoms with Crippen LogP contribution in [-0.2, 0) is 9.53 Å². The number of nitrogens with one attached hydrogen (secondary N) is 1. The van der Waals surface area contributed by atoms with Gasteiger partial charge in [0.25, 0.3) is 6.47 Å². The number of hydrogen-bond donors (Lipinski definition) is 2. The molecular weight excluding hydrogens is 282 g/mol. The predicted molar refractivity (Wildman–Crippen MR) is 85.9 cm³/mol. The van der Waals surface area contributed by atoms with Crippen molar-refractivity contribution in [2.45, 2.75) is 51.4 Å². The maximum absolute atomic E-state index is 9.82. The molecule has 5 heteroatoms. The van der Waals surface area contributed by atoms with Crippen LogP contribution in [0.25, 0.3) is 0 Å². The van der Waals surface area contributed by atoms with E-state index in [9.17, 15) is 9.90 Å². The highest BCUT2D eigenvalue weighted by Gasteiger charge is 2.22. The van der Waals surface area contributed by atoms with Gasteiger partial charge in [0, 0.05) is 6.04 Å². The summed E-state index contributed by atoms with van der Waals surface area (Å²) < 4.78 is 10.0. The lowest BCUT2D eigenvalue weighted by Crippen LogP contribution is -2.38. The summed E-state index contributed by atoms with van der Waals surface area (Å²) in [6.45, 7) is 7.29.